The molecule has 0 radical (unpaired) electrons. The van der Waals surface area contributed by atoms with Crippen LogP contribution in [0.2, 0.25) is 0 Å². The number of carboxylic acids is 2. The zero-order valence-corrected chi connectivity index (χ0v) is 9.43. The smallest absolute Gasteiger partial charge is 0.321 e. The average Bonchev–Trinajstić information content (AvgIpc) is 2.41. The van der Waals surface area contributed by atoms with Crippen LogP contribution in [-0.2, 0) is 9.59 Å². The number of aliphatic carboxylic acids is 2. The van der Waals surface area contributed by atoms with Crippen LogP contribution < -0.4 is 5.32 Å². The molecule has 1 saturated heterocycles. The molecule has 4 atom stereocenters. The van der Waals surface area contributed by atoms with E-state index in [4.69, 9.17) is 10.2 Å². The van der Waals surface area contributed by atoms with Crippen molar-refractivity contribution >= 4 is 11.9 Å². The second-order valence-corrected chi connectivity index (χ2v) is 4.41. The van der Waals surface area contributed by atoms with E-state index in [0.29, 0.717) is 0 Å². The normalized spacial score (nSPS) is 33.6. The van der Waals surface area contributed by atoms with Crippen LogP contribution in [0, 0.1) is 11.8 Å². The van der Waals surface area contributed by atoms with Crippen LogP contribution in [0.3, 0.4) is 0 Å². The van der Waals surface area contributed by atoms with Gasteiger partial charge in [-0.2, -0.15) is 0 Å². The highest BCUT2D eigenvalue weighted by atomic mass is 16.4. The molecule has 90 valence electrons. The maximum absolute atomic E-state index is 11.0. The maximum Gasteiger partial charge on any atom is 0.321 e. The predicted octanol–water partition coefficient (Wildman–Crippen LogP) is 0.715. The monoisotopic (exact) mass is 227 g/mol. The Morgan fingerprint density at radius 3 is 2.31 bits per heavy atom. The van der Waals surface area contributed by atoms with Gasteiger partial charge in [0.15, 0.2) is 0 Å². The molecule has 16 heavy (non-hydrogen) atoms. The molecule has 0 aliphatic carbocycles. The van der Waals surface area contributed by atoms with Gasteiger partial charge in [-0.15, -0.1) is 0 Å². The first kappa shape index (κ1) is 12.7. The summed E-state index contributed by atoms with van der Waals surface area (Å²) in [6.07, 6.45) is -0.147. The summed E-state index contributed by atoms with van der Waals surface area (Å²) in [5.74, 6) is -2.50. The van der Waals surface area contributed by atoms with Gasteiger partial charge in [0.1, 0.15) is 6.04 Å². The molecule has 1 heterocycles. The maximum atomic E-state index is 11.0. The molecule has 0 aromatic rings. The van der Waals surface area contributed by atoms with Gasteiger partial charge < -0.3 is 15.5 Å². The lowest BCUT2D eigenvalue weighted by atomic mass is 9.81. The minimum absolute atomic E-state index is 0.0528. The SMILES string of the molecule is C=C(C)[C@@H]1[C@H](CC(=O)O)[C@@H](C(=O)O)N[C@@H]1C. The Hall–Kier alpha value is -1.36. The van der Waals surface area contributed by atoms with Crippen LogP contribution in [0.5, 0.6) is 0 Å². The number of hydrogen-bond donors (Lipinski definition) is 3. The highest BCUT2D eigenvalue weighted by molar-refractivity contribution is 5.76. The van der Waals surface area contributed by atoms with Gasteiger partial charge in [-0.3, -0.25) is 9.59 Å². The topological polar surface area (TPSA) is 86.6 Å². The van der Waals surface area contributed by atoms with Crippen molar-refractivity contribution in [2.24, 2.45) is 11.8 Å². The van der Waals surface area contributed by atoms with Crippen LogP contribution in [0.25, 0.3) is 0 Å². The van der Waals surface area contributed by atoms with Gasteiger partial charge in [0.2, 0.25) is 0 Å². The minimum atomic E-state index is -0.998. The van der Waals surface area contributed by atoms with E-state index in [9.17, 15) is 9.59 Å². The lowest BCUT2D eigenvalue weighted by Crippen LogP contribution is -2.38. The van der Waals surface area contributed by atoms with Crippen molar-refractivity contribution in [3.05, 3.63) is 12.2 Å². The summed E-state index contributed by atoms with van der Waals surface area (Å²) >= 11 is 0. The molecule has 1 aliphatic rings. The Labute approximate surface area is 94.2 Å². The third-order valence-electron chi connectivity index (χ3n) is 3.12. The van der Waals surface area contributed by atoms with Crippen LogP contribution in [0.4, 0.5) is 0 Å². The third kappa shape index (κ3) is 2.41. The highest BCUT2D eigenvalue weighted by Crippen LogP contribution is 2.34. The van der Waals surface area contributed by atoms with Crippen molar-refractivity contribution < 1.29 is 19.8 Å². The van der Waals surface area contributed by atoms with Crippen molar-refractivity contribution in [3.63, 3.8) is 0 Å². The molecular formula is C11H17NO4. The summed E-state index contributed by atoms with van der Waals surface area (Å²) in [4.78, 5) is 21.8. The second-order valence-electron chi connectivity index (χ2n) is 4.41. The lowest BCUT2D eigenvalue weighted by Gasteiger charge is -2.21. The van der Waals surface area contributed by atoms with Crippen LogP contribution in [0.1, 0.15) is 20.3 Å². The summed E-state index contributed by atoms with van der Waals surface area (Å²) in [7, 11) is 0. The standard InChI is InChI=1S/C11H17NO4/c1-5(2)9-6(3)12-10(11(15)16)7(9)4-8(13)14/h6-7,9-10,12H,1,4H2,2-3H3,(H,13,14)(H,15,16)/t6-,7+,9+,10+/m1/s1. The zero-order valence-electron chi connectivity index (χ0n) is 9.43. The Bertz CT molecular complexity index is 326. The van der Waals surface area contributed by atoms with E-state index in [-0.39, 0.29) is 18.4 Å². The Balaban J connectivity index is 2.94. The summed E-state index contributed by atoms with van der Waals surface area (Å²) < 4.78 is 0. The van der Waals surface area contributed by atoms with E-state index >= 15 is 0 Å². The summed E-state index contributed by atoms with van der Waals surface area (Å²) in [5, 5.41) is 20.8. The Morgan fingerprint density at radius 2 is 1.94 bits per heavy atom. The lowest BCUT2D eigenvalue weighted by molar-refractivity contribution is -0.142. The fourth-order valence-corrected chi connectivity index (χ4v) is 2.58. The number of carbonyl (C=O) groups is 2. The molecular weight excluding hydrogens is 210 g/mol. The second kappa shape index (κ2) is 4.65. The number of rotatable bonds is 4. The van der Waals surface area contributed by atoms with E-state index in [1.54, 1.807) is 0 Å². The minimum Gasteiger partial charge on any atom is -0.481 e. The third-order valence-corrected chi connectivity index (χ3v) is 3.12. The van der Waals surface area contributed by atoms with Crippen LogP contribution in [0.15, 0.2) is 12.2 Å². The van der Waals surface area contributed by atoms with Crippen molar-refractivity contribution in [1.82, 2.24) is 5.32 Å². The molecule has 3 N–H and O–H groups in total. The number of nitrogens with one attached hydrogen (secondary N) is 1. The largest absolute Gasteiger partial charge is 0.481 e. The molecule has 0 saturated carbocycles. The summed E-state index contributed by atoms with van der Waals surface area (Å²) in [6.45, 7) is 7.48. The number of hydrogen-bond acceptors (Lipinski definition) is 3. The average molecular weight is 227 g/mol. The first-order chi connectivity index (χ1) is 7.34. The van der Waals surface area contributed by atoms with Gasteiger partial charge >= 0.3 is 11.9 Å². The molecule has 1 rings (SSSR count). The first-order valence-corrected chi connectivity index (χ1v) is 5.20. The summed E-state index contributed by atoms with van der Waals surface area (Å²) in [5.41, 5.74) is 0.829. The fourth-order valence-electron chi connectivity index (χ4n) is 2.58. The van der Waals surface area contributed by atoms with Crippen LogP contribution in [-0.4, -0.2) is 34.2 Å². The zero-order chi connectivity index (χ0) is 12.5. The highest BCUT2D eigenvalue weighted by Gasteiger charge is 2.45. The quantitative estimate of drug-likeness (QED) is 0.616. The molecule has 0 spiro atoms. The molecule has 0 unspecified atom stereocenters. The predicted molar refractivity (Wildman–Crippen MR) is 58.1 cm³/mol. The van der Waals surface area contributed by atoms with Crippen molar-refractivity contribution in [2.45, 2.75) is 32.4 Å². The van der Waals surface area contributed by atoms with E-state index in [1.165, 1.54) is 0 Å². The molecule has 5 heteroatoms. The molecule has 5 nitrogen and oxygen atoms in total. The Kier molecular flexibility index (Phi) is 3.70. The van der Waals surface area contributed by atoms with Crippen molar-refractivity contribution in [3.8, 4) is 0 Å². The molecule has 0 bridgehead atoms. The summed E-state index contributed by atoms with van der Waals surface area (Å²) in [6, 6.07) is -0.851. The molecule has 1 fully saturated rings. The molecule has 1 aliphatic heterocycles. The molecule has 0 amide bonds. The van der Waals surface area contributed by atoms with Gasteiger partial charge in [0.25, 0.3) is 0 Å². The van der Waals surface area contributed by atoms with Gasteiger partial charge in [-0.1, -0.05) is 12.2 Å². The van der Waals surface area contributed by atoms with E-state index in [2.05, 4.69) is 11.9 Å². The van der Waals surface area contributed by atoms with Crippen molar-refractivity contribution in [1.29, 1.82) is 0 Å². The van der Waals surface area contributed by atoms with E-state index in [0.717, 1.165) is 5.57 Å². The van der Waals surface area contributed by atoms with E-state index in [1.807, 2.05) is 13.8 Å². The fraction of sp³-hybridized carbons (Fsp3) is 0.636. The van der Waals surface area contributed by atoms with Gasteiger partial charge in [-0.05, 0) is 19.8 Å². The van der Waals surface area contributed by atoms with Gasteiger partial charge in [0, 0.05) is 12.0 Å². The van der Waals surface area contributed by atoms with Crippen LogP contribution >= 0.6 is 0 Å². The molecule has 0 aromatic heterocycles. The van der Waals surface area contributed by atoms with E-state index < -0.39 is 23.9 Å². The van der Waals surface area contributed by atoms with Gasteiger partial charge in [0.05, 0.1) is 6.42 Å². The molecule has 0 aromatic carbocycles. The van der Waals surface area contributed by atoms with Crippen molar-refractivity contribution in [2.75, 3.05) is 0 Å². The Morgan fingerprint density at radius 1 is 1.38 bits per heavy atom. The first-order valence-electron chi connectivity index (χ1n) is 5.20. The number of carboxylic acid groups (broad SMARTS) is 2. The van der Waals surface area contributed by atoms with Gasteiger partial charge in [-0.25, -0.2) is 0 Å².